The van der Waals surface area contributed by atoms with Crippen molar-refractivity contribution < 1.29 is 22.6 Å². The molecule has 0 radical (unpaired) electrons. The SMILES string of the molecule is Cc1[nH]nc2ccc(OCc3cnc(Nc4ccc(OC(F)(F)F)cc4)nc3)cc12. The van der Waals surface area contributed by atoms with E-state index in [0.717, 1.165) is 22.2 Å². The molecule has 0 spiro atoms. The highest BCUT2D eigenvalue weighted by molar-refractivity contribution is 5.82. The summed E-state index contributed by atoms with van der Waals surface area (Å²) in [6, 6.07) is 10.9. The Bertz CT molecular complexity index is 1140. The molecular formula is C20H16F3N5O2. The quantitative estimate of drug-likeness (QED) is 0.467. The molecule has 0 unspecified atom stereocenters. The van der Waals surface area contributed by atoms with Gasteiger partial charge in [0.1, 0.15) is 18.1 Å². The van der Waals surface area contributed by atoms with Crippen molar-refractivity contribution in [1.82, 2.24) is 20.2 Å². The Morgan fingerprint density at radius 1 is 1.00 bits per heavy atom. The monoisotopic (exact) mass is 415 g/mol. The van der Waals surface area contributed by atoms with Gasteiger partial charge in [-0.3, -0.25) is 5.10 Å². The Balaban J connectivity index is 1.35. The van der Waals surface area contributed by atoms with E-state index in [1.165, 1.54) is 24.3 Å². The fourth-order valence-electron chi connectivity index (χ4n) is 2.74. The molecule has 0 saturated heterocycles. The van der Waals surface area contributed by atoms with Crippen molar-refractivity contribution in [2.45, 2.75) is 19.9 Å². The van der Waals surface area contributed by atoms with Crippen LogP contribution in [-0.4, -0.2) is 26.5 Å². The minimum atomic E-state index is -4.72. The number of aromatic amines is 1. The number of hydrogen-bond donors (Lipinski definition) is 2. The van der Waals surface area contributed by atoms with Gasteiger partial charge in [0.15, 0.2) is 0 Å². The summed E-state index contributed by atoms with van der Waals surface area (Å²) in [4.78, 5) is 8.39. The topological polar surface area (TPSA) is 85.0 Å². The van der Waals surface area contributed by atoms with Crippen LogP contribution in [0.1, 0.15) is 11.3 Å². The fraction of sp³-hybridized carbons (Fsp3) is 0.150. The Hall–Kier alpha value is -3.82. The number of H-pyrrole nitrogens is 1. The Morgan fingerprint density at radius 3 is 2.40 bits per heavy atom. The van der Waals surface area contributed by atoms with Gasteiger partial charge in [0.05, 0.1) is 5.52 Å². The van der Waals surface area contributed by atoms with Crippen molar-refractivity contribution in [1.29, 1.82) is 0 Å². The molecule has 2 aromatic carbocycles. The normalized spacial score (nSPS) is 11.5. The first-order valence-corrected chi connectivity index (χ1v) is 8.87. The molecule has 2 aromatic heterocycles. The van der Waals surface area contributed by atoms with Crippen molar-refractivity contribution in [2.75, 3.05) is 5.32 Å². The van der Waals surface area contributed by atoms with E-state index in [1.54, 1.807) is 12.4 Å². The number of nitrogens with zero attached hydrogens (tertiary/aromatic N) is 3. The maximum absolute atomic E-state index is 12.2. The summed E-state index contributed by atoms with van der Waals surface area (Å²) in [6.07, 6.45) is -1.50. The molecule has 154 valence electrons. The molecule has 4 aromatic rings. The van der Waals surface area contributed by atoms with Crippen LogP contribution >= 0.6 is 0 Å². The second-order valence-corrected chi connectivity index (χ2v) is 6.43. The van der Waals surface area contributed by atoms with E-state index in [2.05, 4.69) is 30.2 Å². The fourth-order valence-corrected chi connectivity index (χ4v) is 2.74. The molecular weight excluding hydrogens is 399 g/mol. The number of fused-ring (bicyclic) bond motifs is 1. The molecule has 0 atom stereocenters. The molecule has 2 heterocycles. The van der Waals surface area contributed by atoms with Gasteiger partial charge in [0, 0.05) is 34.7 Å². The second kappa shape index (κ2) is 7.90. The largest absolute Gasteiger partial charge is 0.573 e. The predicted octanol–water partition coefficient (Wildman–Crippen LogP) is 4.88. The zero-order valence-corrected chi connectivity index (χ0v) is 15.7. The Labute approximate surface area is 168 Å². The van der Waals surface area contributed by atoms with Crippen molar-refractivity contribution in [2.24, 2.45) is 0 Å². The molecule has 10 heteroatoms. The number of anilines is 2. The summed E-state index contributed by atoms with van der Waals surface area (Å²) in [6.45, 7) is 2.22. The number of rotatable bonds is 6. The number of halogens is 3. The molecule has 0 aliphatic heterocycles. The van der Waals surface area contributed by atoms with Crippen LogP contribution in [0.4, 0.5) is 24.8 Å². The van der Waals surface area contributed by atoms with Crippen molar-refractivity contribution in [3.05, 3.63) is 66.1 Å². The zero-order chi connectivity index (χ0) is 21.1. The predicted molar refractivity (Wildman–Crippen MR) is 104 cm³/mol. The van der Waals surface area contributed by atoms with Crippen LogP contribution in [0.25, 0.3) is 10.9 Å². The molecule has 0 saturated carbocycles. The minimum Gasteiger partial charge on any atom is -0.489 e. The number of aryl methyl sites for hydroxylation is 1. The average Bonchev–Trinajstić information content (AvgIpc) is 3.08. The van der Waals surface area contributed by atoms with Crippen LogP contribution in [0.3, 0.4) is 0 Å². The lowest BCUT2D eigenvalue weighted by molar-refractivity contribution is -0.274. The highest BCUT2D eigenvalue weighted by atomic mass is 19.4. The van der Waals surface area contributed by atoms with E-state index in [1.807, 2.05) is 25.1 Å². The molecule has 0 fully saturated rings. The van der Waals surface area contributed by atoms with Crippen LogP contribution in [0.15, 0.2) is 54.9 Å². The van der Waals surface area contributed by atoms with Gasteiger partial charge in [-0.1, -0.05) is 0 Å². The Kier molecular flexibility index (Phi) is 5.13. The molecule has 4 rings (SSSR count). The maximum Gasteiger partial charge on any atom is 0.573 e. The minimum absolute atomic E-state index is 0.284. The maximum atomic E-state index is 12.2. The van der Waals surface area contributed by atoms with Crippen LogP contribution in [0, 0.1) is 6.92 Å². The number of ether oxygens (including phenoxy) is 2. The van der Waals surface area contributed by atoms with Gasteiger partial charge >= 0.3 is 6.36 Å². The third kappa shape index (κ3) is 4.77. The van der Waals surface area contributed by atoms with Gasteiger partial charge in [0.2, 0.25) is 5.95 Å². The highest BCUT2D eigenvalue weighted by Gasteiger charge is 2.30. The van der Waals surface area contributed by atoms with Crippen molar-refractivity contribution in [3.63, 3.8) is 0 Å². The van der Waals surface area contributed by atoms with E-state index in [9.17, 15) is 13.2 Å². The van der Waals surface area contributed by atoms with Gasteiger partial charge in [-0.25, -0.2) is 9.97 Å². The smallest absolute Gasteiger partial charge is 0.489 e. The summed E-state index contributed by atoms with van der Waals surface area (Å²) < 4.78 is 46.2. The summed E-state index contributed by atoms with van der Waals surface area (Å²) in [5, 5.41) is 11.0. The van der Waals surface area contributed by atoms with E-state index >= 15 is 0 Å². The van der Waals surface area contributed by atoms with Crippen LogP contribution < -0.4 is 14.8 Å². The van der Waals surface area contributed by atoms with Crippen LogP contribution in [0.5, 0.6) is 11.5 Å². The summed E-state index contributed by atoms with van der Waals surface area (Å²) in [5.74, 6) is 0.708. The number of hydrogen-bond acceptors (Lipinski definition) is 6. The van der Waals surface area contributed by atoms with Gasteiger partial charge in [-0.05, 0) is 49.4 Å². The van der Waals surface area contributed by atoms with Crippen molar-refractivity contribution in [3.8, 4) is 11.5 Å². The standard InChI is InChI=1S/C20H16F3N5O2/c1-12-17-8-16(6-7-18(17)28-27-12)29-11-13-9-24-19(25-10-13)26-14-2-4-15(5-3-14)30-20(21,22)23/h2-10H,11H2,1H3,(H,27,28)(H,24,25,26). The first-order valence-electron chi connectivity index (χ1n) is 8.87. The van der Waals surface area contributed by atoms with E-state index in [-0.39, 0.29) is 12.4 Å². The van der Waals surface area contributed by atoms with Crippen LogP contribution in [-0.2, 0) is 6.61 Å². The molecule has 2 N–H and O–H groups in total. The third-order valence-corrected chi connectivity index (χ3v) is 4.17. The van der Waals surface area contributed by atoms with Crippen molar-refractivity contribution >= 4 is 22.5 Å². The van der Waals surface area contributed by atoms with E-state index in [4.69, 9.17) is 4.74 Å². The molecule has 0 amide bonds. The second-order valence-electron chi connectivity index (χ2n) is 6.43. The van der Waals surface area contributed by atoms with Gasteiger partial charge in [-0.15, -0.1) is 13.2 Å². The first kappa shape index (κ1) is 19.5. The van der Waals surface area contributed by atoms with E-state index in [0.29, 0.717) is 17.4 Å². The van der Waals surface area contributed by atoms with Gasteiger partial charge < -0.3 is 14.8 Å². The number of nitrogens with one attached hydrogen (secondary N) is 2. The van der Waals surface area contributed by atoms with Gasteiger partial charge in [0.25, 0.3) is 0 Å². The summed E-state index contributed by atoms with van der Waals surface area (Å²) >= 11 is 0. The van der Waals surface area contributed by atoms with E-state index < -0.39 is 6.36 Å². The number of alkyl halides is 3. The first-order chi connectivity index (χ1) is 14.4. The molecule has 0 aliphatic rings. The average molecular weight is 415 g/mol. The molecule has 0 bridgehead atoms. The molecule has 0 aliphatic carbocycles. The Morgan fingerprint density at radius 2 is 1.70 bits per heavy atom. The van der Waals surface area contributed by atoms with Gasteiger partial charge in [-0.2, -0.15) is 5.10 Å². The lowest BCUT2D eigenvalue weighted by Gasteiger charge is -2.10. The lowest BCUT2D eigenvalue weighted by atomic mass is 10.2. The zero-order valence-electron chi connectivity index (χ0n) is 15.7. The summed E-state index contributed by atoms with van der Waals surface area (Å²) in [7, 11) is 0. The number of aromatic nitrogens is 4. The van der Waals surface area contributed by atoms with Crippen LogP contribution in [0.2, 0.25) is 0 Å². The molecule has 7 nitrogen and oxygen atoms in total. The molecule has 30 heavy (non-hydrogen) atoms. The lowest BCUT2D eigenvalue weighted by Crippen LogP contribution is -2.17. The third-order valence-electron chi connectivity index (χ3n) is 4.17. The highest BCUT2D eigenvalue weighted by Crippen LogP contribution is 2.25. The number of benzene rings is 2. The summed E-state index contributed by atoms with van der Waals surface area (Å²) in [5.41, 5.74) is 3.12.